The predicted octanol–water partition coefficient (Wildman–Crippen LogP) is -3.03. The third kappa shape index (κ3) is 2.98. The molecule has 24 heavy (non-hydrogen) atoms. The molecule has 0 saturated heterocycles. The van der Waals surface area contributed by atoms with E-state index < -0.39 is 0 Å². The molecular weight excluding hydrogens is 306 g/mol. The molecule has 3 aromatic carbocycles. The van der Waals surface area contributed by atoms with Crippen molar-refractivity contribution in [3.8, 4) is 22.3 Å². The van der Waals surface area contributed by atoms with Gasteiger partial charge in [0.15, 0.2) is 0 Å². The maximum absolute atomic E-state index is 6.47. The molecule has 0 bridgehead atoms. The van der Waals surface area contributed by atoms with Crippen LogP contribution >= 0.6 is 11.6 Å². The fraction of sp³-hybridized carbons (Fsp3) is 0. The maximum atomic E-state index is 6.47. The van der Waals surface area contributed by atoms with E-state index in [0.717, 1.165) is 10.6 Å². The zero-order valence-corrected chi connectivity index (χ0v) is 15.8. The minimum Gasteiger partial charge on any atom is -0.102 e. The van der Waals surface area contributed by atoms with E-state index in [4.69, 9.17) is 11.6 Å². The summed E-state index contributed by atoms with van der Waals surface area (Å²) >= 11 is 6.47. The molecule has 0 aliphatic carbocycles. The predicted molar refractivity (Wildman–Crippen MR) is 123 cm³/mol. The number of halogens is 1. The van der Waals surface area contributed by atoms with Gasteiger partial charge in [-0.25, -0.2) is 0 Å². The van der Waals surface area contributed by atoms with Crippen LogP contribution < -0.4 is 27.3 Å². The van der Waals surface area contributed by atoms with Gasteiger partial charge in [-0.2, -0.15) is 0 Å². The Kier molecular flexibility index (Phi) is 4.74. The number of hydrogen-bond acceptors (Lipinski definition) is 0. The van der Waals surface area contributed by atoms with E-state index in [9.17, 15) is 0 Å². The van der Waals surface area contributed by atoms with Gasteiger partial charge in [-0.15, -0.1) is 16.4 Å². The zero-order chi connectivity index (χ0) is 17.4. The van der Waals surface area contributed by atoms with Crippen LogP contribution in [0, 0.1) is 0 Å². The van der Waals surface area contributed by atoms with Gasteiger partial charge in [-0.1, -0.05) is 52.9 Å². The first kappa shape index (κ1) is 17.1. The van der Waals surface area contributed by atoms with E-state index in [1.807, 2.05) is 12.1 Å². The molecule has 0 radical (unpaired) electrons. The van der Waals surface area contributed by atoms with Crippen molar-refractivity contribution in [1.29, 1.82) is 0 Å². The van der Waals surface area contributed by atoms with Crippen LogP contribution in [-0.2, 0) is 0 Å². The molecule has 0 amide bonds. The fourth-order valence-electron chi connectivity index (χ4n) is 3.46. The van der Waals surface area contributed by atoms with Crippen LogP contribution in [-0.4, -0.2) is 39.2 Å². The summed E-state index contributed by atoms with van der Waals surface area (Å²) in [5.74, 6) is 0. The van der Waals surface area contributed by atoms with Gasteiger partial charge in [0.05, 0.1) is 0 Å². The first-order valence-electron chi connectivity index (χ1n) is 8.33. The highest BCUT2D eigenvalue weighted by atomic mass is 35.5. The van der Waals surface area contributed by atoms with Crippen LogP contribution in [0.2, 0.25) is 5.02 Å². The Balaban J connectivity index is 2.27. The Labute approximate surface area is 154 Å². The van der Waals surface area contributed by atoms with Gasteiger partial charge in [0.1, 0.15) is 39.2 Å². The van der Waals surface area contributed by atoms with Gasteiger partial charge in [-0.05, 0) is 40.5 Å². The van der Waals surface area contributed by atoms with Crippen LogP contribution in [0.1, 0.15) is 0 Å². The molecule has 3 aromatic rings. The summed E-state index contributed by atoms with van der Waals surface area (Å²) < 4.78 is 0. The second-order valence-electron chi connectivity index (χ2n) is 6.59. The van der Waals surface area contributed by atoms with Gasteiger partial charge in [0.2, 0.25) is 0 Å². The lowest BCUT2D eigenvalue weighted by Gasteiger charge is -2.21. The Morgan fingerprint density at radius 2 is 1.04 bits per heavy atom. The second-order valence-corrected chi connectivity index (χ2v) is 7.03. The molecule has 0 N–H and O–H groups in total. The van der Waals surface area contributed by atoms with Gasteiger partial charge in [-0.3, -0.25) is 0 Å². The monoisotopic (exact) mass is 324 g/mol. The van der Waals surface area contributed by atoms with Crippen molar-refractivity contribution >= 4 is 78.1 Å². The first-order valence-corrected chi connectivity index (χ1v) is 8.71. The van der Waals surface area contributed by atoms with Crippen molar-refractivity contribution < 1.29 is 0 Å². The van der Waals surface area contributed by atoms with Crippen LogP contribution in [0.5, 0.6) is 0 Å². The highest BCUT2D eigenvalue weighted by Crippen LogP contribution is 2.28. The van der Waals surface area contributed by atoms with Gasteiger partial charge < -0.3 is 0 Å². The normalized spacial score (nSPS) is 10.7. The molecule has 3 rings (SSSR count). The quantitative estimate of drug-likeness (QED) is 0.440. The number of hydrogen-bond donors (Lipinski definition) is 0. The molecular formula is C18H18B5Cl. The van der Waals surface area contributed by atoms with Crippen molar-refractivity contribution in [2.75, 3.05) is 0 Å². The molecule has 0 unspecified atom stereocenters. The Hall–Kier alpha value is -1.73. The average Bonchev–Trinajstić information content (AvgIpc) is 2.59. The average molecular weight is 324 g/mol. The van der Waals surface area contributed by atoms with Crippen LogP contribution in [0.25, 0.3) is 22.3 Å². The van der Waals surface area contributed by atoms with Gasteiger partial charge in [0, 0.05) is 5.02 Å². The molecule has 0 heterocycles. The molecule has 0 aliphatic heterocycles. The molecule has 0 aliphatic rings. The van der Waals surface area contributed by atoms with Crippen molar-refractivity contribution in [2.45, 2.75) is 0 Å². The lowest BCUT2D eigenvalue weighted by atomic mass is 9.59. The first-order chi connectivity index (χ1) is 11.4. The van der Waals surface area contributed by atoms with Crippen molar-refractivity contribution in [3.05, 3.63) is 53.6 Å². The third-order valence-corrected chi connectivity index (χ3v) is 5.51. The molecule has 0 saturated carbocycles. The Morgan fingerprint density at radius 3 is 1.62 bits per heavy atom. The number of benzene rings is 3. The van der Waals surface area contributed by atoms with Crippen LogP contribution in [0.3, 0.4) is 0 Å². The topological polar surface area (TPSA) is 0 Å². The smallest absolute Gasteiger partial charge is 0.102 e. The summed E-state index contributed by atoms with van der Waals surface area (Å²) in [6.45, 7) is 0. The van der Waals surface area contributed by atoms with E-state index >= 15 is 0 Å². The maximum Gasteiger partial charge on any atom is 0.139 e. The summed E-state index contributed by atoms with van der Waals surface area (Å²) in [6, 6.07) is 16.8. The van der Waals surface area contributed by atoms with Crippen molar-refractivity contribution in [3.63, 3.8) is 0 Å². The summed E-state index contributed by atoms with van der Waals surface area (Å²) in [5, 5.41) is 0.779. The summed E-state index contributed by atoms with van der Waals surface area (Å²) in [5.41, 5.74) is 11.7. The molecule has 0 aromatic heterocycles. The van der Waals surface area contributed by atoms with Crippen molar-refractivity contribution in [1.82, 2.24) is 0 Å². The number of rotatable bonds is 2. The molecule has 0 atom stereocenters. The molecule has 112 valence electrons. The van der Waals surface area contributed by atoms with Gasteiger partial charge >= 0.3 is 0 Å². The zero-order valence-electron chi connectivity index (χ0n) is 15.0. The molecule has 0 nitrogen and oxygen atoms in total. The van der Waals surface area contributed by atoms with Crippen LogP contribution in [0.4, 0.5) is 0 Å². The van der Waals surface area contributed by atoms with E-state index in [-0.39, 0.29) is 0 Å². The van der Waals surface area contributed by atoms with E-state index in [0.29, 0.717) is 0 Å². The Bertz CT molecular complexity index is 893. The fourth-order valence-corrected chi connectivity index (χ4v) is 3.70. The largest absolute Gasteiger partial charge is 0.139 e. The Morgan fingerprint density at radius 1 is 0.542 bits per heavy atom. The SMILES string of the molecule is Bc1c(B)c(B)c(-c2cc(Cl)cc(-c3ccccc3)c2)c(B)c1B. The molecule has 0 spiro atoms. The second kappa shape index (κ2) is 6.65. The van der Waals surface area contributed by atoms with Crippen LogP contribution in [0.15, 0.2) is 48.5 Å². The molecule has 0 fully saturated rings. The lowest BCUT2D eigenvalue weighted by Crippen LogP contribution is -2.55. The summed E-state index contributed by atoms with van der Waals surface area (Å²) in [7, 11) is 11.1. The van der Waals surface area contributed by atoms with E-state index in [1.54, 1.807) is 0 Å². The van der Waals surface area contributed by atoms with E-state index in [1.165, 1.54) is 44.0 Å². The van der Waals surface area contributed by atoms with Gasteiger partial charge in [0.25, 0.3) is 0 Å². The summed E-state index contributed by atoms with van der Waals surface area (Å²) in [4.78, 5) is 0. The third-order valence-electron chi connectivity index (χ3n) is 5.29. The minimum absolute atomic E-state index is 0.779. The highest BCUT2D eigenvalue weighted by Gasteiger charge is 2.14. The van der Waals surface area contributed by atoms with Crippen molar-refractivity contribution in [2.24, 2.45) is 0 Å². The van der Waals surface area contributed by atoms with E-state index in [2.05, 4.69) is 75.6 Å². The molecule has 6 heteroatoms. The highest BCUT2D eigenvalue weighted by molar-refractivity contribution is 6.68. The summed E-state index contributed by atoms with van der Waals surface area (Å²) in [6.07, 6.45) is 0. The minimum atomic E-state index is 0.779. The lowest BCUT2D eigenvalue weighted by molar-refractivity contribution is 1.61. The standard InChI is InChI=1S/C18H18B5Cl/c19-14-13(15(20)17(22)18(23)16(14)21)11-6-10(7-12(24)8-11)9-4-2-1-3-5-9/h1-8H,19-23H2.